The van der Waals surface area contributed by atoms with Crippen molar-refractivity contribution in [1.29, 1.82) is 0 Å². The van der Waals surface area contributed by atoms with Crippen molar-refractivity contribution in [2.75, 3.05) is 13.2 Å². The number of hydrogen-bond donors (Lipinski definition) is 0. The highest BCUT2D eigenvalue weighted by Gasteiger charge is 2.19. The van der Waals surface area contributed by atoms with Gasteiger partial charge in [0.2, 0.25) is 0 Å². The number of esters is 3. The highest BCUT2D eigenvalue weighted by Crippen LogP contribution is 2.14. The molecule has 0 saturated heterocycles. The van der Waals surface area contributed by atoms with E-state index in [0.29, 0.717) is 25.7 Å². The largest absolute Gasteiger partial charge is 0.462 e. The predicted octanol–water partition coefficient (Wildman–Crippen LogP) is 19.6. The van der Waals surface area contributed by atoms with Gasteiger partial charge in [-0.2, -0.15) is 0 Å². The van der Waals surface area contributed by atoms with E-state index < -0.39 is 6.10 Å². The Bertz CT molecular complexity index is 1500. The molecule has 1 atom stereocenters. The summed E-state index contributed by atoms with van der Waals surface area (Å²) in [5.74, 6) is -0.962. The quantitative estimate of drug-likeness (QED) is 0.0261. The summed E-state index contributed by atoms with van der Waals surface area (Å²) >= 11 is 0. The van der Waals surface area contributed by atoms with Crippen molar-refractivity contribution in [2.24, 2.45) is 0 Å². The standard InChI is InChI=1S/C65H106O6/c1-4-7-10-13-16-19-22-24-26-28-29-30-31-32-33-34-35-36-37-38-40-41-43-46-49-52-55-58-64(67)70-61-62(60-69-63(66)57-54-51-48-45-21-18-15-12-9-6-3)71-65(68)59-56-53-50-47-44-42-39-27-25-23-20-17-14-11-8-5-2/h7,10,16,19-20,23-24,26-27,29-30,32-33,35-36,38-40,43,46,62H,4-6,8-9,11-15,17-18,21-22,25,28,31,34,37,41-42,44-45,47-61H2,1-3H3/b10-7-,19-16-,23-20-,26-24-,30-29-,33-32-,36-35-,39-27-,40-38-,46-43-. The monoisotopic (exact) mass is 983 g/mol. The van der Waals surface area contributed by atoms with Crippen molar-refractivity contribution < 1.29 is 28.6 Å². The van der Waals surface area contributed by atoms with Gasteiger partial charge in [0.1, 0.15) is 13.2 Å². The smallest absolute Gasteiger partial charge is 0.306 e. The first-order valence-corrected chi connectivity index (χ1v) is 29.0. The van der Waals surface area contributed by atoms with Crippen LogP contribution in [0.25, 0.3) is 0 Å². The molecule has 0 heterocycles. The van der Waals surface area contributed by atoms with E-state index in [2.05, 4.69) is 142 Å². The molecular formula is C65H106O6. The lowest BCUT2D eigenvalue weighted by Gasteiger charge is -2.18. The number of allylic oxidation sites excluding steroid dienone is 20. The number of ether oxygens (including phenoxy) is 3. The van der Waals surface area contributed by atoms with Crippen LogP contribution in [0.1, 0.15) is 252 Å². The average molecular weight is 984 g/mol. The summed E-state index contributed by atoms with van der Waals surface area (Å²) in [6.45, 7) is 6.44. The van der Waals surface area contributed by atoms with E-state index in [1.807, 2.05) is 0 Å². The zero-order chi connectivity index (χ0) is 51.4. The molecule has 0 aromatic rings. The fourth-order valence-electron chi connectivity index (χ4n) is 7.60. The molecule has 0 saturated carbocycles. The molecule has 6 heteroatoms. The molecule has 0 aromatic carbocycles. The van der Waals surface area contributed by atoms with Gasteiger partial charge >= 0.3 is 17.9 Å². The van der Waals surface area contributed by atoms with Crippen molar-refractivity contribution in [2.45, 2.75) is 258 Å². The molecule has 0 amide bonds. The van der Waals surface area contributed by atoms with Crippen LogP contribution in [-0.2, 0) is 28.6 Å². The summed E-state index contributed by atoms with van der Waals surface area (Å²) in [4.78, 5) is 38.1. The lowest BCUT2D eigenvalue weighted by atomic mass is 10.1. The molecule has 1 unspecified atom stereocenters. The molecule has 0 spiro atoms. The van der Waals surface area contributed by atoms with Crippen molar-refractivity contribution in [3.63, 3.8) is 0 Å². The Hall–Kier alpha value is -4.19. The Balaban J connectivity index is 4.41. The summed E-state index contributed by atoms with van der Waals surface area (Å²) in [6.07, 6.45) is 80.5. The van der Waals surface area contributed by atoms with Crippen molar-refractivity contribution in [3.8, 4) is 0 Å². The Morgan fingerprint density at radius 3 is 0.901 bits per heavy atom. The zero-order valence-electron chi connectivity index (χ0n) is 45.9. The Morgan fingerprint density at radius 2 is 0.549 bits per heavy atom. The second-order valence-electron chi connectivity index (χ2n) is 18.8. The molecule has 0 fully saturated rings. The molecule has 0 radical (unpaired) electrons. The minimum absolute atomic E-state index is 0.0987. The van der Waals surface area contributed by atoms with Gasteiger partial charge in [-0.05, 0) is 116 Å². The van der Waals surface area contributed by atoms with Crippen molar-refractivity contribution in [1.82, 2.24) is 0 Å². The highest BCUT2D eigenvalue weighted by atomic mass is 16.6. The first-order chi connectivity index (χ1) is 35.0. The first kappa shape index (κ1) is 66.8. The molecule has 0 rings (SSSR count). The molecule has 0 bridgehead atoms. The third-order valence-electron chi connectivity index (χ3n) is 12.0. The second kappa shape index (κ2) is 58.4. The molecule has 71 heavy (non-hydrogen) atoms. The third-order valence-corrected chi connectivity index (χ3v) is 12.0. The lowest BCUT2D eigenvalue weighted by Crippen LogP contribution is -2.30. The van der Waals surface area contributed by atoms with Gasteiger partial charge in [-0.3, -0.25) is 14.4 Å². The van der Waals surface area contributed by atoms with Gasteiger partial charge in [0, 0.05) is 19.3 Å². The lowest BCUT2D eigenvalue weighted by molar-refractivity contribution is -0.167. The number of hydrogen-bond acceptors (Lipinski definition) is 6. The van der Waals surface area contributed by atoms with Gasteiger partial charge in [0.25, 0.3) is 0 Å². The topological polar surface area (TPSA) is 78.9 Å². The van der Waals surface area contributed by atoms with E-state index in [-0.39, 0.29) is 31.1 Å². The van der Waals surface area contributed by atoms with Crippen LogP contribution in [0.4, 0.5) is 0 Å². The van der Waals surface area contributed by atoms with Crippen molar-refractivity contribution >= 4 is 17.9 Å². The van der Waals surface area contributed by atoms with Crippen LogP contribution in [0.3, 0.4) is 0 Å². The van der Waals surface area contributed by atoms with E-state index >= 15 is 0 Å². The van der Waals surface area contributed by atoms with Crippen LogP contribution in [0.5, 0.6) is 0 Å². The van der Waals surface area contributed by atoms with Gasteiger partial charge in [0.05, 0.1) is 0 Å². The maximum Gasteiger partial charge on any atom is 0.306 e. The minimum atomic E-state index is -0.804. The van der Waals surface area contributed by atoms with E-state index in [9.17, 15) is 14.4 Å². The number of carbonyl (C=O) groups excluding carboxylic acids is 3. The third kappa shape index (κ3) is 56.6. The van der Waals surface area contributed by atoms with Crippen LogP contribution < -0.4 is 0 Å². The van der Waals surface area contributed by atoms with Crippen LogP contribution in [0.15, 0.2) is 122 Å². The van der Waals surface area contributed by atoms with E-state index in [0.717, 1.165) is 128 Å². The van der Waals surface area contributed by atoms with E-state index in [1.54, 1.807) is 0 Å². The van der Waals surface area contributed by atoms with E-state index in [1.165, 1.54) is 77.0 Å². The fraction of sp³-hybridized carbons (Fsp3) is 0.646. The fourth-order valence-corrected chi connectivity index (χ4v) is 7.60. The summed E-state index contributed by atoms with van der Waals surface area (Å²) in [6, 6.07) is 0. The molecule has 0 N–H and O–H groups in total. The molecule has 6 nitrogen and oxygen atoms in total. The van der Waals surface area contributed by atoms with E-state index in [4.69, 9.17) is 14.2 Å². The zero-order valence-corrected chi connectivity index (χ0v) is 45.9. The number of unbranched alkanes of at least 4 members (excludes halogenated alkanes) is 20. The van der Waals surface area contributed by atoms with Crippen LogP contribution in [0.2, 0.25) is 0 Å². The van der Waals surface area contributed by atoms with Gasteiger partial charge < -0.3 is 14.2 Å². The SMILES string of the molecule is CC/C=C\C/C=C\C/C=C\C/C=C\C/C=C\C/C=C\C/C=C\C/C=C\CCCCC(=O)OCC(COC(=O)CCCCCCCCCCCC)OC(=O)CCCCCCC/C=C\C/C=C\CCCCCC. The average Bonchev–Trinajstić information content (AvgIpc) is 3.37. The Kier molecular flexibility index (Phi) is 54.9. The van der Waals surface area contributed by atoms with Crippen LogP contribution in [-0.4, -0.2) is 37.2 Å². The summed E-state index contributed by atoms with van der Waals surface area (Å²) in [5.41, 5.74) is 0. The van der Waals surface area contributed by atoms with Gasteiger partial charge in [-0.15, -0.1) is 0 Å². The molecule has 0 aliphatic rings. The molecule has 0 aliphatic carbocycles. The minimum Gasteiger partial charge on any atom is -0.462 e. The van der Waals surface area contributed by atoms with Gasteiger partial charge in [-0.1, -0.05) is 239 Å². The molecule has 0 aliphatic heterocycles. The van der Waals surface area contributed by atoms with Crippen molar-refractivity contribution in [3.05, 3.63) is 122 Å². The molecular weight excluding hydrogens is 877 g/mol. The second-order valence-corrected chi connectivity index (χ2v) is 18.8. The van der Waals surface area contributed by atoms with Gasteiger partial charge in [-0.25, -0.2) is 0 Å². The Morgan fingerprint density at radius 1 is 0.296 bits per heavy atom. The number of carbonyl (C=O) groups is 3. The number of rotatable bonds is 51. The van der Waals surface area contributed by atoms with Gasteiger partial charge in [0.15, 0.2) is 6.10 Å². The van der Waals surface area contributed by atoms with Crippen LogP contribution in [0, 0.1) is 0 Å². The molecule has 402 valence electrons. The summed E-state index contributed by atoms with van der Waals surface area (Å²) < 4.78 is 16.8. The maximum absolute atomic E-state index is 12.8. The first-order valence-electron chi connectivity index (χ1n) is 29.0. The predicted molar refractivity (Wildman–Crippen MR) is 306 cm³/mol. The Labute approximate surface area is 437 Å². The maximum atomic E-state index is 12.8. The summed E-state index contributed by atoms with van der Waals surface area (Å²) in [7, 11) is 0. The highest BCUT2D eigenvalue weighted by molar-refractivity contribution is 5.71. The molecule has 0 aromatic heterocycles. The van der Waals surface area contributed by atoms with Crippen LogP contribution >= 0.6 is 0 Å². The normalized spacial score (nSPS) is 13.0. The summed E-state index contributed by atoms with van der Waals surface area (Å²) in [5, 5.41) is 0.